The van der Waals surface area contributed by atoms with Gasteiger partial charge in [-0.3, -0.25) is 0 Å². The van der Waals surface area contributed by atoms with E-state index >= 15 is 0 Å². The zero-order valence-electron chi connectivity index (χ0n) is 11.4. The topological polar surface area (TPSA) is 46.2 Å². The van der Waals surface area contributed by atoms with Crippen molar-refractivity contribution in [3.63, 3.8) is 0 Å². The summed E-state index contributed by atoms with van der Waals surface area (Å²) >= 11 is 11.8. The Morgan fingerprint density at radius 1 is 1.05 bits per heavy atom. The lowest BCUT2D eigenvalue weighted by molar-refractivity contribution is 0.550. The summed E-state index contributed by atoms with van der Waals surface area (Å²) in [6.45, 7) is 1.91. The Morgan fingerprint density at radius 2 is 1.67 bits per heavy atom. The molecule has 2 aromatic rings. The van der Waals surface area contributed by atoms with Gasteiger partial charge in [0.05, 0.1) is 5.02 Å². The van der Waals surface area contributed by atoms with Gasteiger partial charge in [0.15, 0.2) is 0 Å². The zero-order valence-corrected chi connectivity index (χ0v) is 13.7. The number of sulfonamides is 1. The molecule has 1 atom stereocenters. The molecule has 1 unspecified atom stereocenters. The minimum Gasteiger partial charge on any atom is -0.207 e. The van der Waals surface area contributed by atoms with E-state index in [1.807, 2.05) is 19.1 Å². The first-order valence-electron chi connectivity index (χ1n) is 6.46. The molecule has 21 heavy (non-hydrogen) atoms. The third kappa shape index (κ3) is 3.98. The molecule has 3 nitrogen and oxygen atoms in total. The molecule has 0 aliphatic rings. The monoisotopic (exact) mass is 343 g/mol. The fourth-order valence-corrected chi connectivity index (χ4v) is 3.95. The van der Waals surface area contributed by atoms with Crippen molar-refractivity contribution in [1.82, 2.24) is 4.72 Å². The van der Waals surface area contributed by atoms with Crippen molar-refractivity contribution in [2.24, 2.45) is 0 Å². The fourth-order valence-electron chi connectivity index (χ4n) is 2.00. The highest BCUT2D eigenvalue weighted by molar-refractivity contribution is 7.89. The molecule has 0 aliphatic carbocycles. The molecule has 0 saturated carbocycles. The summed E-state index contributed by atoms with van der Waals surface area (Å²) in [7, 11) is -3.68. The summed E-state index contributed by atoms with van der Waals surface area (Å²) in [4.78, 5) is 0.0825. The lowest BCUT2D eigenvalue weighted by Gasteiger charge is -2.18. The third-order valence-corrected chi connectivity index (χ3v) is 5.33. The first-order chi connectivity index (χ1) is 9.94. The molecule has 0 amide bonds. The van der Waals surface area contributed by atoms with E-state index in [1.165, 1.54) is 6.07 Å². The Balaban J connectivity index is 2.30. The number of hydrogen-bond acceptors (Lipinski definition) is 2. The van der Waals surface area contributed by atoms with Crippen LogP contribution in [0, 0.1) is 0 Å². The van der Waals surface area contributed by atoms with E-state index in [4.69, 9.17) is 23.2 Å². The van der Waals surface area contributed by atoms with Gasteiger partial charge in [0.25, 0.3) is 0 Å². The summed E-state index contributed by atoms with van der Waals surface area (Å²) in [5, 5.41) is 0.818. The maximum atomic E-state index is 12.4. The van der Waals surface area contributed by atoms with Crippen molar-refractivity contribution in [2.75, 3.05) is 0 Å². The standard InChI is InChI=1S/C15H15Cl2NO2S/c1-2-14(11-7-9-12(16)10-8-11)18-21(19,20)15-6-4-3-5-13(15)17/h3-10,14,18H,2H2,1H3. The van der Waals surface area contributed by atoms with Crippen molar-refractivity contribution in [3.8, 4) is 0 Å². The smallest absolute Gasteiger partial charge is 0.207 e. The highest BCUT2D eigenvalue weighted by Gasteiger charge is 2.22. The van der Waals surface area contributed by atoms with Gasteiger partial charge in [-0.2, -0.15) is 0 Å². The summed E-state index contributed by atoms with van der Waals surface area (Å²) in [5.74, 6) is 0. The van der Waals surface area contributed by atoms with E-state index in [-0.39, 0.29) is 16.0 Å². The molecular formula is C15H15Cl2NO2S. The molecule has 6 heteroatoms. The zero-order chi connectivity index (χ0) is 15.5. The molecule has 0 bridgehead atoms. The number of halogens is 2. The first-order valence-corrected chi connectivity index (χ1v) is 8.70. The Hall–Kier alpha value is -1.07. The molecule has 2 aromatic carbocycles. The van der Waals surface area contributed by atoms with E-state index < -0.39 is 10.0 Å². The van der Waals surface area contributed by atoms with Crippen LogP contribution < -0.4 is 4.72 Å². The molecule has 0 aromatic heterocycles. The second-order valence-electron chi connectivity index (χ2n) is 4.56. The lowest BCUT2D eigenvalue weighted by Crippen LogP contribution is -2.28. The molecule has 0 radical (unpaired) electrons. The second kappa shape index (κ2) is 6.79. The predicted molar refractivity (Wildman–Crippen MR) is 86.3 cm³/mol. The van der Waals surface area contributed by atoms with Gasteiger partial charge in [0.2, 0.25) is 10.0 Å². The molecule has 0 saturated heterocycles. The minimum atomic E-state index is -3.68. The lowest BCUT2D eigenvalue weighted by atomic mass is 10.1. The van der Waals surface area contributed by atoms with E-state index in [0.717, 1.165) is 5.56 Å². The summed E-state index contributed by atoms with van der Waals surface area (Å²) in [5.41, 5.74) is 0.859. The Morgan fingerprint density at radius 3 is 2.24 bits per heavy atom. The molecule has 2 rings (SSSR count). The average Bonchev–Trinajstić information content (AvgIpc) is 2.46. The van der Waals surface area contributed by atoms with Crippen LogP contribution >= 0.6 is 23.2 Å². The van der Waals surface area contributed by atoms with Gasteiger partial charge in [-0.1, -0.05) is 54.4 Å². The van der Waals surface area contributed by atoms with Gasteiger partial charge < -0.3 is 0 Å². The molecule has 0 heterocycles. The van der Waals surface area contributed by atoms with E-state index in [1.54, 1.807) is 30.3 Å². The fraction of sp³-hybridized carbons (Fsp3) is 0.200. The predicted octanol–water partition coefficient (Wildman–Crippen LogP) is 4.42. The van der Waals surface area contributed by atoms with Crippen LogP contribution in [-0.2, 0) is 10.0 Å². The van der Waals surface area contributed by atoms with Crippen LogP contribution in [0.15, 0.2) is 53.4 Å². The van der Waals surface area contributed by atoms with Crippen molar-refractivity contribution >= 4 is 33.2 Å². The second-order valence-corrected chi connectivity index (χ2v) is 7.09. The van der Waals surface area contributed by atoms with Gasteiger partial charge in [-0.25, -0.2) is 13.1 Å². The highest BCUT2D eigenvalue weighted by atomic mass is 35.5. The number of hydrogen-bond donors (Lipinski definition) is 1. The van der Waals surface area contributed by atoms with Gasteiger partial charge in [-0.15, -0.1) is 0 Å². The van der Waals surface area contributed by atoms with Crippen LogP contribution in [0.3, 0.4) is 0 Å². The average molecular weight is 344 g/mol. The number of benzene rings is 2. The van der Waals surface area contributed by atoms with Crippen molar-refractivity contribution in [3.05, 3.63) is 64.1 Å². The molecular weight excluding hydrogens is 329 g/mol. The van der Waals surface area contributed by atoms with Crippen LogP contribution in [0.25, 0.3) is 0 Å². The Bertz CT molecular complexity index is 715. The summed E-state index contributed by atoms with van der Waals surface area (Å²) < 4.78 is 27.6. The molecule has 1 N–H and O–H groups in total. The van der Waals surface area contributed by atoms with Crippen molar-refractivity contribution < 1.29 is 8.42 Å². The normalized spacial score (nSPS) is 13.1. The largest absolute Gasteiger partial charge is 0.242 e. The van der Waals surface area contributed by atoms with Gasteiger partial charge in [-0.05, 0) is 36.2 Å². The third-order valence-electron chi connectivity index (χ3n) is 3.10. The highest BCUT2D eigenvalue weighted by Crippen LogP contribution is 2.25. The summed E-state index contributed by atoms with van der Waals surface area (Å²) in [6.07, 6.45) is 0.616. The minimum absolute atomic E-state index is 0.0825. The number of rotatable bonds is 5. The SMILES string of the molecule is CCC(NS(=O)(=O)c1ccccc1Cl)c1ccc(Cl)cc1. The van der Waals surface area contributed by atoms with Crippen LogP contribution in [0.5, 0.6) is 0 Å². The van der Waals surface area contributed by atoms with Crippen LogP contribution in [0.1, 0.15) is 24.9 Å². The van der Waals surface area contributed by atoms with Crippen LogP contribution in [0.2, 0.25) is 10.0 Å². The summed E-state index contributed by atoms with van der Waals surface area (Å²) in [6, 6.07) is 13.1. The molecule has 0 spiro atoms. The van der Waals surface area contributed by atoms with Crippen molar-refractivity contribution in [1.29, 1.82) is 0 Å². The Kier molecular flexibility index (Phi) is 5.27. The van der Waals surface area contributed by atoms with Gasteiger partial charge >= 0.3 is 0 Å². The maximum absolute atomic E-state index is 12.4. The van der Waals surface area contributed by atoms with Gasteiger partial charge in [0.1, 0.15) is 4.90 Å². The molecule has 0 fully saturated rings. The van der Waals surface area contributed by atoms with Crippen LogP contribution in [-0.4, -0.2) is 8.42 Å². The first kappa shape index (κ1) is 16.3. The van der Waals surface area contributed by atoms with Crippen LogP contribution in [0.4, 0.5) is 0 Å². The molecule has 0 aliphatic heterocycles. The van der Waals surface area contributed by atoms with E-state index in [0.29, 0.717) is 11.4 Å². The quantitative estimate of drug-likeness (QED) is 0.873. The van der Waals surface area contributed by atoms with Gasteiger partial charge in [0, 0.05) is 11.1 Å². The van der Waals surface area contributed by atoms with Crippen molar-refractivity contribution in [2.45, 2.75) is 24.3 Å². The maximum Gasteiger partial charge on any atom is 0.242 e. The van der Waals surface area contributed by atoms with E-state index in [9.17, 15) is 8.42 Å². The van der Waals surface area contributed by atoms with E-state index in [2.05, 4.69) is 4.72 Å². The molecule has 112 valence electrons. The Labute approximate surface area is 135 Å². The number of nitrogens with one attached hydrogen (secondary N) is 1.